The molecule has 0 saturated carbocycles. The molecule has 2 rings (SSSR count). The van der Waals surface area contributed by atoms with Crippen molar-refractivity contribution >= 4 is 5.97 Å². The van der Waals surface area contributed by atoms with E-state index in [9.17, 15) is 18.0 Å². The highest BCUT2D eigenvalue weighted by Crippen LogP contribution is 2.31. The number of rotatable bonds is 4. The number of allylic oxidation sites excluding steroid dienone is 1. The number of esters is 1. The number of carbonyl (C=O) groups excluding carboxylic acids is 1. The van der Waals surface area contributed by atoms with E-state index in [1.165, 1.54) is 42.5 Å². The van der Waals surface area contributed by atoms with Crippen LogP contribution in [0.25, 0.3) is 0 Å². The van der Waals surface area contributed by atoms with Gasteiger partial charge in [-0.2, -0.15) is 8.78 Å². The molecule has 1 aliphatic rings. The van der Waals surface area contributed by atoms with Gasteiger partial charge in [0.25, 0.3) is 0 Å². The van der Waals surface area contributed by atoms with Crippen LogP contribution in [0.4, 0.5) is 13.2 Å². The fourth-order valence-corrected chi connectivity index (χ4v) is 1.62. The number of benzene rings is 1. The van der Waals surface area contributed by atoms with E-state index < -0.39 is 24.0 Å². The van der Waals surface area contributed by atoms with E-state index in [-0.39, 0.29) is 11.1 Å². The van der Waals surface area contributed by atoms with Crippen molar-refractivity contribution in [1.29, 1.82) is 0 Å². The third-order valence-corrected chi connectivity index (χ3v) is 2.56. The lowest BCUT2D eigenvalue weighted by Crippen LogP contribution is -2.13. The Morgan fingerprint density at radius 3 is 2.40 bits per heavy atom. The summed E-state index contributed by atoms with van der Waals surface area (Å²) < 4.78 is 43.3. The predicted molar refractivity (Wildman–Crippen MR) is 66.4 cm³/mol. The summed E-state index contributed by atoms with van der Waals surface area (Å²) in [6.45, 7) is 0. The Kier molecular flexibility index (Phi) is 4.23. The van der Waals surface area contributed by atoms with Gasteiger partial charge >= 0.3 is 12.0 Å². The first-order chi connectivity index (χ1) is 9.59. The summed E-state index contributed by atoms with van der Waals surface area (Å²) in [5.74, 6) is -2.70. The van der Waals surface area contributed by atoms with Crippen LogP contribution in [0.2, 0.25) is 0 Å². The third kappa shape index (κ3) is 3.08. The molecule has 0 heterocycles. The van der Waals surface area contributed by atoms with Gasteiger partial charge in [-0.15, -0.1) is 5.73 Å². The van der Waals surface area contributed by atoms with Crippen molar-refractivity contribution in [2.75, 3.05) is 0 Å². The molecule has 102 valence electrons. The van der Waals surface area contributed by atoms with Crippen LogP contribution in [0.15, 0.2) is 71.8 Å². The van der Waals surface area contributed by atoms with Crippen LogP contribution in [0, 0.1) is 0 Å². The summed E-state index contributed by atoms with van der Waals surface area (Å²) in [5.41, 5.74) is 2.74. The summed E-state index contributed by atoms with van der Waals surface area (Å²) in [4.78, 5) is 11.7. The van der Waals surface area contributed by atoms with E-state index in [1.807, 2.05) is 0 Å². The van der Waals surface area contributed by atoms with E-state index in [2.05, 4.69) is 5.73 Å². The molecule has 2 nitrogen and oxygen atoms in total. The molecule has 1 aromatic rings. The van der Waals surface area contributed by atoms with Gasteiger partial charge in [0.05, 0.1) is 0 Å². The molecule has 20 heavy (non-hydrogen) atoms. The maximum atomic E-state index is 13.5. The molecule has 0 amide bonds. The van der Waals surface area contributed by atoms with Crippen LogP contribution < -0.4 is 0 Å². The average molecular weight is 278 g/mol. The Bertz CT molecular complexity index is 634. The summed E-state index contributed by atoms with van der Waals surface area (Å²) in [6, 6.07) is 7.51. The zero-order valence-corrected chi connectivity index (χ0v) is 10.1. The lowest BCUT2D eigenvalue weighted by molar-refractivity contribution is -0.143. The molecule has 0 N–H and O–H groups in total. The maximum absolute atomic E-state index is 13.5. The van der Waals surface area contributed by atoms with Gasteiger partial charge in [-0.05, 0) is 17.7 Å². The second kappa shape index (κ2) is 6.08. The van der Waals surface area contributed by atoms with Crippen molar-refractivity contribution in [2.45, 2.75) is 6.10 Å². The first-order valence-electron chi connectivity index (χ1n) is 5.69. The van der Waals surface area contributed by atoms with Gasteiger partial charge in [0.2, 0.25) is 5.83 Å². The van der Waals surface area contributed by atoms with Crippen molar-refractivity contribution in [2.24, 2.45) is 0 Å². The summed E-state index contributed by atoms with van der Waals surface area (Å²) in [5, 5.41) is 0. The summed E-state index contributed by atoms with van der Waals surface area (Å²) in [6.07, 6.45) is 0.124. The molecule has 0 spiro atoms. The second-order valence-corrected chi connectivity index (χ2v) is 3.89. The van der Waals surface area contributed by atoms with Gasteiger partial charge in [-0.1, -0.05) is 36.4 Å². The van der Waals surface area contributed by atoms with E-state index in [1.54, 1.807) is 6.07 Å². The van der Waals surface area contributed by atoms with Crippen molar-refractivity contribution in [1.82, 2.24) is 0 Å². The normalized spacial score (nSPS) is 13.8. The standard InChI is InChI=1S/C15H9F3O2/c16-12(14(17)18)13(10-6-2-1-3-7-10)20-15(19)11-8-4-5-9-11/h1-8,13H/t13-/m0/s1. The zero-order chi connectivity index (χ0) is 14.5. The second-order valence-electron chi connectivity index (χ2n) is 3.89. The lowest BCUT2D eigenvalue weighted by Gasteiger charge is -2.15. The molecule has 0 saturated heterocycles. The Balaban J connectivity index is 2.29. The van der Waals surface area contributed by atoms with Gasteiger partial charge in [0.1, 0.15) is 5.57 Å². The first-order valence-corrected chi connectivity index (χ1v) is 5.69. The minimum Gasteiger partial charge on any atom is -0.446 e. The SMILES string of the molecule is O=C(O[C@H](C(F)=C(F)F)c1ccccc1)C1=C=CC=C1. The Morgan fingerprint density at radius 2 is 1.85 bits per heavy atom. The highest BCUT2D eigenvalue weighted by atomic mass is 19.3. The van der Waals surface area contributed by atoms with E-state index >= 15 is 0 Å². The summed E-state index contributed by atoms with van der Waals surface area (Å²) in [7, 11) is 0. The van der Waals surface area contributed by atoms with Gasteiger partial charge in [-0.25, -0.2) is 9.18 Å². The fraction of sp³-hybridized carbons (Fsp3) is 0.0667. The fourth-order valence-electron chi connectivity index (χ4n) is 1.62. The lowest BCUT2D eigenvalue weighted by atomic mass is 10.1. The van der Waals surface area contributed by atoms with Crippen LogP contribution in [-0.2, 0) is 9.53 Å². The van der Waals surface area contributed by atoms with E-state index in [0.717, 1.165) is 0 Å². The topological polar surface area (TPSA) is 26.3 Å². The smallest absolute Gasteiger partial charge is 0.347 e. The molecular formula is C15H9F3O2. The molecule has 0 radical (unpaired) electrons. The quantitative estimate of drug-likeness (QED) is 0.614. The molecule has 0 unspecified atom stereocenters. The van der Waals surface area contributed by atoms with Crippen LogP contribution >= 0.6 is 0 Å². The molecule has 1 atom stereocenters. The van der Waals surface area contributed by atoms with Gasteiger partial charge in [0, 0.05) is 0 Å². The number of hydrogen-bond donors (Lipinski definition) is 0. The molecule has 0 aromatic heterocycles. The molecule has 0 fully saturated rings. The Morgan fingerprint density at radius 1 is 1.15 bits per heavy atom. The van der Waals surface area contributed by atoms with Crippen molar-refractivity contribution < 1.29 is 22.7 Å². The van der Waals surface area contributed by atoms with Crippen molar-refractivity contribution in [3.05, 3.63) is 77.3 Å². The van der Waals surface area contributed by atoms with Gasteiger partial charge in [-0.3, -0.25) is 0 Å². The Hall–Kier alpha value is -2.52. The average Bonchev–Trinajstić information content (AvgIpc) is 2.99. The maximum Gasteiger partial charge on any atom is 0.347 e. The number of carbonyl (C=O) groups is 1. The first kappa shape index (κ1) is 13.9. The monoisotopic (exact) mass is 278 g/mol. The zero-order valence-electron chi connectivity index (χ0n) is 10.1. The number of halogens is 3. The van der Waals surface area contributed by atoms with Gasteiger partial charge in [0.15, 0.2) is 6.10 Å². The third-order valence-electron chi connectivity index (χ3n) is 2.56. The van der Waals surface area contributed by atoms with Crippen LogP contribution in [0.5, 0.6) is 0 Å². The molecule has 5 heteroatoms. The van der Waals surface area contributed by atoms with Crippen LogP contribution in [0.3, 0.4) is 0 Å². The van der Waals surface area contributed by atoms with Crippen LogP contribution in [0.1, 0.15) is 11.7 Å². The number of hydrogen-bond acceptors (Lipinski definition) is 2. The van der Waals surface area contributed by atoms with E-state index in [4.69, 9.17) is 4.74 Å². The Labute approximate surface area is 113 Å². The van der Waals surface area contributed by atoms with Gasteiger partial charge < -0.3 is 4.74 Å². The molecule has 0 aliphatic heterocycles. The highest BCUT2D eigenvalue weighted by molar-refractivity contribution is 5.92. The minimum atomic E-state index is -2.52. The number of ether oxygens (including phenoxy) is 1. The van der Waals surface area contributed by atoms with E-state index in [0.29, 0.717) is 0 Å². The molecule has 0 bridgehead atoms. The molecular weight excluding hydrogens is 269 g/mol. The summed E-state index contributed by atoms with van der Waals surface area (Å²) >= 11 is 0. The van der Waals surface area contributed by atoms with Crippen LogP contribution in [-0.4, -0.2) is 5.97 Å². The minimum absolute atomic E-state index is 0.0537. The molecule has 1 aromatic carbocycles. The highest BCUT2D eigenvalue weighted by Gasteiger charge is 2.26. The molecule has 1 aliphatic carbocycles. The van der Waals surface area contributed by atoms with Crippen molar-refractivity contribution in [3.8, 4) is 0 Å². The van der Waals surface area contributed by atoms with Crippen molar-refractivity contribution in [3.63, 3.8) is 0 Å². The predicted octanol–water partition coefficient (Wildman–Crippen LogP) is 4.00. The largest absolute Gasteiger partial charge is 0.446 e.